The number of amides is 3. The summed E-state index contributed by atoms with van der Waals surface area (Å²) >= 11 is 0. The van der Waals surface area contributed by atoms with Gasteiger partial charge in [-0.1, -0.05) is 0 Å². The van der Waals surface area contributed by atoms with Crippen molar-refractivity contribution in [2.24, 2.45) is 5.92 Å². The van der Waals surface area contributed by atoms with Crippen LogP contribution < -0.4 is 19.5 Å². The second kappa shape index (κ2) is 11.1. The molecule has 0 aromatic heterocycles. The van der Waals surface area contributed by atoms with E-state index < -0.39 is 0 Å². The molecular formula is C26H31N3O6. The Hall–Kier alpha value is -3.75. The minimum atomic E-state index is -0.324. The number of hydrogen-bond donors (Lipinski definition) is 1. The molecule has 1 aliphatic heterocycles. The summed E-state index contributed by atoms with van der Waals surface area (Å²) in [6.07, 6.45) is 1.96. The van der Waals surface area contributed by atoms with Crippen LogP contribution in [0.1, 0.15) is 30.1 Å². The van der Waals surface area contributed by atoms with Crippen LogP contribution >= 0.6 is 0 Å². The minimum absolute atomic E-state index is 0.124. The van der Waals surface area contributed by atoms with Gasteiger partial charge in [0, 0.05) is 43.3 Å². The first-order valence-electron chi connectivity index (χ1n) is 11.9. The largest absolute Gasteiger partial charge is 0.494 e. The molecule has 2 aromatic rings. The highest BCUT2D eigenvalue weighted by atomic mass is 16.5. The lowest BCUT2D eigenvalue weighted by molar-refractivity contribution is -0.134. The molecule has 9 nitrogen and oxygen atoms in total. The molecule has 3 amide bonds. The Kier molecular flexibility index (Phi) is 7.74. The standard InChI is InChI=1S/C26H31N3O6/c1-3-34-21-9-7-20(8-10-21)27-24(30)17-35-22-11-6-19(16-23(22)33-2)26(32)29-14-12-28(13-15-29)25(31)18-4-5-18/h6-11,16,18H,3-5,12-15,17H2,1-2H3,(H,27,30). The van der Waals surface area contributed by atoms with Gasteiger partial charge >= 0.3 is 0 Å². The van der Waals surface area contributed by atoms with Crippen LogP contribution in [0.5, 0.6) is 17.2 Å². The van der Waals surface area contributed by atoms with Gasteiger partial charge in [0.1, 0.15) is 5.75 Å². The van der Waals surface area contributed by atoms with E-state index in [1.54, 1.807) is 47.4 Å². The number of methoxy groups -OCH3 is 1. The summed E-state index contributed by atoms with van der Waals surface area (Å²) in [6.45, 7) is 4.39. The number of ether oxygens (including phenoxy) is 3. The first-order chi connectivity index (χ1) is 17.0. The van der Waals surface area contributed by atoms with Crippen molar-refractivity contribution in [3.05, 3.63) is 48.0 Å². The van der Waals surface area contributed by atoms with Crippen molar-refractivity contribution >= 4 is 23.4 Å². The van der Waals surface area contributed by atoms with E-state index in [4.69, 9.17) is 14.2 Å². The highest BCUT2D eigenvalue weighted by Gasteiger charge is 2.35. The van der Waals surface area contributed by atoms with Crippen molar-refractivity contribution < 1.29 is 28.6 Å². The summed E-state index contributed by atoms with van der Waals surface area (Å²) in [5.74, 6) is 1.42. The lowest BCUT2D eigenvalue weighted by Crippen LogP contribution is -2.51. The fourth-order valence-electron chi connectivity index (χ4n) is 3.96. The van der Waals surface area contributed by atoms with Crippen LogP contribution in [0, 0.1) is 5.92 Å². The van der Waals surface area contributed by atoms with Crippen LogP contribution in [0.15, 0.2) is 42.5 Å². The second-order valence-electron chi connectivity index (χ2n) is 8.55. The van der Waals surface area contributed by atoms with E-state index in [0.29, 0.717) is 55.5 Å². The van der Waals surface area contributed by atoms with Crippen molar-refractivity contribution in [3.63, 3.8) is 0 Å². The molecule has 1 N–H and O–H groups in total. The Morgan fingerprint density at radius 1 is 0.914 bits per heavy atom. The van der Waals surface area contributed by atoms with Crippen LogP contribution in [-0.2, 0) is 9.59 Å². The first-order valence-corrected chi connectivity index (χ1v) is 11.9. The van der Waals surface area contributed by atoms with Crippen LogP contribution in [0.3, 0.4) is 0 Å². The molecule has 2 aromatic carbocycles. The molecule has 186 valence electrons. The SMILES string of the molecule is CCOc1ccc(NC(=O)COc2ccc(C(=O)N3CCN(C(=O)C4CC4)CC3)cc2OC)cc1. The van der Waals surface area contributed by atoms with E-state index in [2.05, 4.69) is 5.32 Å². The molecule has 0 radical (unpaired) electrons. The quantitative estimate of drug-likeness (QED) is 0.592. The second-order valence-corrected chi connectivity index (χ2v) is 8.55. The maximum absolute atomic E-state index is 13.0. The number of rotatable bonds is 9. The Morgan fingerprint density at radius 2 is 1.60 bits per heavy atom. The van der Waals surface area contributed by atoms with Crippen LogP contribution in [0.4, 0.5) is 5.69 Å². The number of nitrogens with zero attached hydrogens (tertiary/aromatic N) is 2. The minimum Gasteiger partial charge on any atom is -0.494 e. The summed E-state index contributed by atoms with van der Waals surface area (Å²) in [4.78, 5) is 41.1. The van der Waals surface area contributed by atoms with Crippen LogP contribution in [-0.4, -0.2) is 74.0 Å². The number of carbonyl (C=O) groups is 3. The van der Waals surface area contributed by atoms with Crippen molar-refractivity contribution in [1.29, 1.82) is 0 Å². The fraction of sp³-hybridized carbons (Fsp3) is 0.423. The molecule has 0 unspecified atom stereocenters. The molecule has 2 aliphatic rings. The van der Waals surface area contributed by atoms with E-state index in [1.807, 2.05) is 11.8 Å². The Balaban J connectivity index is 1.30. The van der Waals surface area contributed by atoms with E-state index in [0.717, 1.165) is 18.6 Å². The average Bonchev–Trinajstić information content (AvgIpc) is 3.73. The van der Waals surface area contributed by atoms with E-state index in [9.17, 15) is 14.4 Å². The molecule has 35 heavy (non-hydrogen) atoms. The van der Waals surface area contributed by atoms with E-state index >= 15 is 0 Å². The maximum Gasteiger partial charge on any atom is 0.262 e. The third-order valence-electron chi connectivity index (χ3n) is 6.02. The number of anilines is 1. The summed E-state index contributed by atoms with van der Waals surface area (Å²) < 4.78 is 16.4. The molecule has 0 bridgehead atoms. The van der Waals surface area contributed by atoms with Crippen LogP contribution in [0.25, 0.3) is 0 Å². The monoisotopic (exact) mass is 481 g/mol. The van der Waals surface area contributed by atoms with Gasteiger partial charge in [0.05, 0.1) is 13.7 Å². The third kappa shape index (κ3) is 6.23. The molecule has 1 aliphatic carbocycles. The van der Waals surface area contributed by atoms with Gasteiger partial charge in [-0.25, -0.2) is 0 Å². The zero-order valence-corrected chi connectivity index (χ0v) is 20.1. The van der Waals surface area contributed by atoms with Crippen molar-refractivity contribution in [2.75, 3.05) is 51.8 Å². The Labute approximate surface area is 204 Å². The molecule has 1 saturated carbocycles. The van der Waals surface area contributed by atoms with Crippen molar-refractivity contribution in [3.8, 4) is 17.2 Å². The molecule has 2 fully saturated rings. The summed E-state index contributed by atoms with van der Waals surface area (Å²) in [5.41, 5.74) is 1.10. The van der Waals surface area contributed by atoms with Gasteiger partial charge in [-0.05, 0) is 62.2 Å². The zero-order chi connectivity index (χ0) is 24.8. The van der Waals surface area contributed by atoms with E-state index in [-0.39, 0.29) is 30.2 Å². The lowest BCUT2D eigenvalue weighted by Gasteiger charge is -2.35. The topological polar surface area (TPSA) is 97.4 Å². The summed E-state index contributed by atoms with van der Waals surface area (Å²) in [5, 5.41) is 2.76. The molecule has 9 heteroatoms. The molecular weight excluding hydrogens is 450 g/mol. The summed E-state index contributed by atoms with van der Waals surface area (Å²) in [6, 6.07) is 12.0. The van der Waals surface area contributed by atoms with Gasteiger partial charge in [-0.2, -0.15) is 0 Å². The molecule has 0 spiro atoms. The van der Waals surface area contributed by atoms with Crippen LogP contribution in [0.2, 0.25) is 0 Å². The van der Waals surface area contributed by atoms with Crippen molar-refractivity contribution in [1.82, 2.24) is 9.80 Å². The highest BCUT2D eigenvalue weighted by Crippen LogP contribution is 2.32. The molecule has 1 saturated heterocycles. The smallest absolute Gasteiger partial charge is 0.262 e. The van der Waals surface area contributed by atoms with Gasteiger partial charge in [-0.3, -0.25) is 14.4 Å². The molecule has 1 heterocycles. The Morgan fingerprint density at radius 3 is 2.23 bits per heavy atom. The predicted octanol–water partition coefficient (Wildman–Crippen LogP) is 2.81. The van der Waals surface area contributed by atoms with Gasteiger partial charge in [0.15, 0.2) is 18.1 Å². The number of carbonyl (C=O) groups excluding carboxylic acids is 3. The number of piperazine rings is 1. The van der Waals surface area contributed by atoms with Crippen molar-refractivity contribution in [2.45, 2.75) is 19.8 Å². The van der Waals surface area contributed by atoms with E-state index in [1.165, 1.54) is 7.11 Å². The predicted molar refractivity (Wildman–Crippen MR) is 130 cm³/mol. The number of nitrogens with one attached hydrogen (secondary N) is 1. The molecule has 4 rings (SSSR count). The fourth-order valence-corrected chi connectivity index (χ4v) is 3.96. The number of benzene rings is 2. The Bertz CT molecular complexity index is 1060. The lowest BCUT2D eigenvalue weighted by atomic mass is 10.1. The first kappa shape index (κ1) is 24.4. The van der Waals surface area contributed by atoms with Gasteiger partial charge in [0.25, 0.3) is 11.8 Å². The molecule has 0 atom stereocenters. The van der Waals surface area contributed by atoms with Gasteiger partial charge in [-0.15, -0.1) is 0 Å². The third-order valence-corrected chi connectivity index (χ3v) is 6.02. The average molecular weight is 482 g/mol. The number of hydrogen-bond acceptors (Lipinski definition) is 6. The van der Waals surface area contributed by atoms with Gasteiger partial charge < -0.3 is 29.3 Å². The maximum atomic E-state index is 13.0. The summed E-state index contributed by atoms with van der Waals surface area (Å²) in [7, 11) is 1.48. The van der Waals surface area contributed by atoms with Gasteiger partial charge in [0.2, 0.25) is 5.91 Å². The normalized spacial score (nSPS) is 15.4. The highest BCUT2D eigenvalue weighted by molar-refractivity contribution is 5.95. The zero-order valence-electron chi connectivity index (χ0n) is 20.1.